The highest BCUT2D eigenvalue weighted by atomic mass is 127. The van der Waals surface area contributed by atoms with E-state index in [1.807, 2.05) is 105 Å². The van der Waals surface area contributed by atoms with Gasteiger partial charge in [-0.05, 0) is 233 Å². The summed E-state index contributed by atoms with van der Waals surface area (Å²) in [6.45, 7) is 12.0. The molecule has 0 amide bonds. The number of hydrogen-bond acceptors (Lipinski definition) is 21. The van der Waals surface area contributed by atoms with Crippen molar-refractivity contribution in [2.75, 3.05) is 34.4 Å². The normalized spacial score (nSPS) is 29.7. The van der Waals surface area contributed by atoms with Crippen LogP contribution in [0.2, 0.25) is 0 Å². The molecule has 14 N–H and O–H groups in total. The first-order chi connectivity index (χ1) is 49.3. The van der Waals surface area contributed by atoms with Gasteiger partial charge in [0, 0.05) is 54.6 Å². The van der Waals surface area contributed by atoms with E-state index in [9.17, 15) is 10.2 Å². The summed E-state index contributed by atoms with van der Waals surface area (Å²) in [5.41, 5.74) is 43.1. The van der Waals surface area contributed by atoms with Crippen molar-refractivity contribution >= 4 is 171 Å². The zero-order chi connectivity index (χ0) is 71.7. The van der Waals surface area contributed by atoms with E-state index in [4.69, 9.17) is 53.3 Å². The number of aromatic nitrogens is 12. The average molecular weight is 1690 g/mol. The highest BCUT2D eigenvalue weighted by Crippen LogP contribution is 2.75. The minimum absolute atomic E-state index is 0.00791. The Labute approximate surface area is 630 Å². The van der Waals surface area contributed by atoms with Crippen molar-refractivity contribution in [2.45, 2.75) is 139 Å². The summed E-state index contributed by atoms with van der Waals surface area (Å²) in [5.74, 6) is 2.90. The molecule has 103 heavy (non-hydrogen) atoms. The first-order valence-electron chi connectivity index (χ1n) is 34.4. The SMILES string of the molecule is C=C[C@@]12C[C@@H]1C(n1ccc3c(N)ncnc31)[C@@H]1OC(C)(C)O[C@@H]12.CC1(C)O[C@H]2C(n3ccc4c(N)ncnc43)[C@H]3C[C@@]3(CCc3ccc4cc(Br)c(N)nc4c3)[C@H]2O1.Nc1nc2cc(CC[C@@]34C[C@@H]3[C@@H](n3ccc5c(N)ncnc53)[C@H](O)[C@@H]4O)ccc2cc1Br.Nc1nc2cc(I)ccc2cc1Br. The van der Waals surface area contributed by atoms with E-state index in [1.165, 1.54) is 28.1 Å². The fraction of sp³-hybridized carbons (Fsp3) is 0.373. The molecule has 2 unspecified atom stereocenters. The third-order valence-corrected chi connectivity index (χ3v) is 25.8. The third kappa shape index (κ3) is 11.5. The molecule has 0 spiro atoms. The summed E-state index contributed by atoms with van der Waals surface area (Å²) in [6.07, 6.45) is 17.7. The van der Waals surface area contributed by atoms with Crippen molar-refractivity contribution in [2.24, 2.45) is 34.0 Å². The molecule has 24 nitrogen and oxygen atoms in total. The first-order valence-corrected chi connectivity index (χ1v) is 37.9. The Kier molecular flexibility index (Phi) is 16.5. The predicted molar refractivity (Wildman–Crippen MR) is 415 cm³/mol. The largest absolute Gasteiger partial charge is 0.390 e. The van der Waals surface area contributed by atoms with Gasteiger partial charge < -0.3 is 77.3 Å². The minimum Gasteiger partial charge on any atom is -0.390 e. The second kappa shape index (κ2) is 24.9. The Hall–Kier alpha value is -7.78. The first kappa shape index (κ1) is 68.3. The van der Waals surface area contributed by atoms with Crippen molar-refractivity contribution in [1.29, 1.82) is 0 Å². The summed E-state index contributed by atoms with van der Waals surface area (Å²) >= 11 is 12.5. The number of nitrogens with zero attached hydrogens (tertiary/aromatic N) is 12. The van der Waals surface area contributed by atoms with Gasteiger partial charge in [-0.2, -0.15) is 0 Å². The minimum atomic E-state index is -0.851. The number of benzene rings is 3. The van der Waals surface area contributed by atoms with Crippen molar-refractivity contribution in [3.8, 4) is 0 Å². The van der Waals surface area contributed by atoms with E-state index >= 15 is 0 Å². The summed E-state index contributed by atoms with van der Waals surface area (Å²) < 4.78 is 35.6. The molecule has 6 saturated carbocycles. The maximum Gasteiger partial charge on any atom is 0.163 e. The van der Waals surface area contributed by atoms with Gasteiger partial charge in [0.05, 0.1) is 82.6 Å². The summed E-state index contributed by atoms with van der Waals surface area (Å²) in [4.78, 5) is 39.0. The Morgan fingerprint density at radius 3 is 1.39 bits per heavy atom. The molecule has 28 heteroatoms. The summed E-state index contributed by atoms with van der Waals surface area (Å²) in [7, 11) is 0. The Morgan fingerprint density at radius 1 is 0.495 bits per heavy atom. The maximum atomic E-state index is 11.0. The van der Waals surface area contributed by atoms with E-state index in [0.29, 0.717) is 52.4 Å². The molecule has 530 valence electrons. The number of aryl methyl sites for hydroxylation is 2. The van der Waals surface area contributed by atoms with E-state index < -0.39 is 23.8 Å². The summed E-state index contributed by atoms with van der Waals surface area (Å²) in [5, 5.41) is 27.7. The molecule has 0 bridgehead atoms. The van der Waals surface area contributed by atoms with Crippen LogP contribution in [0, 0.1) is 37.6 Å². The van der Waals surface area contributed by atoms with Crippen LogP contribution in [-0.4, -0.2) is 117 Å². The Bertz CT molecular complexity index is 5450. The average Bonchev–Trinajstić information content (AvgIpc) is 1.51. The van der Waals surface area contributed by atoms with Gasteiger partial charge in [0.25, 0.3) is 0 Å². The molecule has 6 aliphatic carbocycles. The molecule has 11 heterocycles. The van der Waals surface area contributed by atoms with Gasteiger partial charge >= 0.3 is 0 Å². The fourth-order valence-electron chi connectivity index (χ4n) is 18.1. The zero-order valence-electron chi connectivity index (χ0n) is 56.7. The molecule has 3 aromatic carbocycles. The number of fused-ring (bicyclic) bond motifs is 13. The molecule has 9 aromatic heterocycles. The van der Waals surface area contributed by atoms with Crippen LogP contribution in [-0.2, 0) is 31.8 Å². The van der Waals surface area contributed by atoms with Crippen LogP contribution in [0.3, 0.4) is 0 Å². The molecule has 20 rings (SSSR count). The summed E-state index contributed by atoms with van der Waals surface area (Å²) in [6, 6.07) is 30.7. The lowest BCUT2D eigenvalue weighted by atomic mass is 9.91. The predicted octanol–water partition coefficient (Wildman–Crippen LogP) is 12.9. The van der Waals surface area contributed by atoms with Crippen LogP contribution in [0.4, 0.5) is 34.9 Å². The van der Waals surface area contributed by atoms with Crippen LogP contribution in [0.1, 0.15) is 89.1 Å². The number of nitrogen functional groups attached to an aromatic ring is 6. The molecule has 15 atom stereocenters. The van der Waals surface area contributed by atoms with Gasteiger partial charge in [0.2, 0.25) is 0 Å². The van der Waals surface area contributed by atoms with Gasteiger partial charge in [0.15, 0.2) is 11.6 Å². The lowest BCUT2D eigenvalue weighted by Crippen LogP contribution is -2.34. The molecule has 12 aromatic rings. The van der Waals surface area contributed by atoms with Gasteiger partial charge in [-0.15, -0.1) is 6.58 Å². The topological polar surface area (TPSA) is 364 Å². The molecule has 8 fully saturated rings. The van der Waals surface area contributed by atoms with Crippen molar-refractivity contribution in [3.05, 3.63) is 169 Å². The lowest BCUT2D eigenvalue weighted by Gasteiger charge is -2.24. The third-order valence-electron chi connectivity index (χ3n) is 23.2. The van der Waals surface area contributed by atoms with Crippen LogP contribution in [0.15, 0.2) is 155 Å². The van der Waals surface area contributed by atoms with Crippen LogP contribution in [0.25, 0.3) is 65.8 Å². The van der Waals surface area contributed by atoms with Crippen LogP contribution in [0.5, 0.6) is 0 Å². The molecule has 2 saturated heterocycles. The monoisotopic (exact) mass is 1690 g/mol. The molecular formula is C75H76Br3IN18O6. The van der Waals surface area contributed by atoms with Crippen LogP contribution < -0.4 is 34.4 Å². The van der Waals surface area contributed by atoms with E-state index in [2.05, 4.69) is 174 Å². The maximum absolute atomic E-state index is 11.0. The highest BCUT2D eigenvalue weighted by Gasteiger charge is 2.77. The number of nitrogens with two attached hydrogens (primary N) is 6. The second-order valence-corrected chi connectivity index (χ2v) is 33.6. The molecule has 8 aliphatic rings. The number of anilines is 6. The quantitative estimate of drug-likeness (QED) is 0.0466. The van der Waals surface area contributed by atoms with Crippen molar-refractivity contribution in [3.63, 3.8) is 0 Å². The number of rotatable bonds is 10. The highest BCUT2D eigenvalue weighted by molar-refractivity contribution is 14.1. The number of pyridine rings is 3. The Balaban J connectivity index is 0.000000107. The second-order valence-electron chi connectivity index (χ2n) is 29.8. The van der Waals surface area contributed by atoms with Gasteiger partial charge in [-0.3, -0.25) is 0 Å². The van der Waals surface area contributed by atoms with E-state index in [1.54, 1.807) is 0 Å². The van der Waals surface area contributed by atoms with E-state index in [-0.39, 0.29) is 64.7 Å². The van der Waals surface area contributed by atoms with Gasteiger partial charge in [-0.25, -0.2) is 44.9 Å². The number of hydrogen-bond donors (Lipinski definition) is 8. The standard InChI is InChI=1S/C26H27BrN6O2.C23H23BrN6O2.C17H20N4O2.C9H6BrIN2/c1-25(2)34-20-19(33-8-6-15-22(28)30-12-31-24(15)33)16-11-26(16,21(20)35-25)7-5-13-3-4-14-10-17(27)23(29)32-18(14)9-13;24-15-8-12-2-1-11(7-16(12)29-21(15)26)3-5-23-9-14(23)17(18(31)19(23)32)30-6-4-13-20(25)27-10-28-22(13)30;1-4-17-7-10(17)11(12-13(17)23-16(2,3)22-12)21-6-5-9-14(18)19-8-20-15(9)21;10-7-3-5-1-2-6(11)4-8(5)13-9(7)12/h3-4,6,8-10,12,16,19-21H,5,7,11H2,1-2H3,(H2,29,32)(H2,28,30,31);1-2,4,6-8,10,14,17-19,31-32H,3,5,9H2,(H2,26,29)(H2,25,27,28);4-6,8,10-13H,1,7H2,2-3H3,(H2,18,19,20);1-4H,(H2,12,13)/t16-,19?,20+,21+,26-;14-,17-,18+,19+,23-;10-,11?,12+,13+,17-;/m111./s1. The number of ether oxygens (including phenoxy) is 4. The van der Waals surface area contributed by atoms with Crippen LogP contribution >= 0.6 is 70.4 Å². The van der Waals surface area contributed by atoms with Crippen molar-refractivity contribution in [1.82, 2.24) is 58.6 Å². The van der Waals surface area contributed by atoms with E-state index in [0.717, 1.165) is 124 Å². The molecule has 0 radical (unpaired) electrons. The molecule has 2 aliphatic heterocycles. The zero-order valence-corrected chi connectivity index (χ0v) is 63.6. The van der Waals surface area contributed by atoms with Gasteiger partial charge in [-0.1, -0.05) is 36.4 Å². The number of aliphatic hydroxyl groups excluding tert-OH is 2. The van der Waals surface area contributed by atoms with Gasteiger partial charge in [0.1, 0.15) is 89.1 Å². The Morgan fingerprint density at radius 2 is 0.903 bits per heavy atom. The fourth-order valence-corrected chi connectivity index (χ4v) is 19.6. The van der Waals surface area contributed by atoms with Crippen molar-refractivity contribution < 1.29 is 29.2 Å². The lowest BCUT2D eigenvalue weighted by molar-refractivity contribution is -0.161. The smallest absolute Gasteiger partial charge is 0.163 e. The number of aliphatic hydroxyl groups is 2. The molecular weight excluding hydrogens is 1620 g/mol. The number of halogens is 4.